The Bertz CT molecular complexity index is 506. The molecule has 0 saturated carbocycles. The maximum absolute atomic E-state index is 12.4. The van der Waals surface area contributed by atoms with E-state index in [4.69, 9.17) is 12.2 Å². The van der Waals surface area contributed by atoms with Gasteiger partial charge in [0.2, 0.25) is 5.91 Å². The lowest BCUT2D eigenvalue weighted by Crippen LogP contribution is -2.44. The van der Waals surface area contributed by atoms with Crippen LogP contribution in [0.15, 0.2) is 0 Å². The molecule has 0 unspecified atom stereocenters. The van der Waals surface area contributed by atoms with Crippen LogP contribution >= 0.6 is 35.3 Å². The van der Waals surface area contributed by atoms with Crippen LogP contribution in [0.5, 0.6) is 0 Å². The molecule has 0 aliphatic carbocycles. The van der Waals surface area contributed by atoms with Crippen molar-refractivity contribution in [3.8, 4) is 0 Å². The van der Waals surface area contributed by atoms with E-state index in [-0.39, 0.29) is 5.91 Å². The molecule has 19 heavy (non-hydrogen) atoms. The van der Waals surface area contributed by atoms with E-state index >= 15 is 0 Å². The van der Waals surface area contributed by atoms with Crippen molar-refractivity contribution in [3.05, 3.63) is 14.5 Å². The van der Waals surface area contributed by atoms with E-state index in [0.717, 1.165) is 33.4 Å². The molecule has 1 N–H and O–H groups in total. The van der Waals surface area contributed by atoms with E-state index in [1.807, 2.05) is 23.6 Å². The number of aromatic amines is 1. The number of thiazole rings is 1. The Hall–Kier alpha value is -0.330. The molecule has 0 aromatic carbocycles. The molecule has 106 valence electrons. The summed E-state index contributed by atoms with van der Waals surface area (Å²) in [5.74, 6) is 1.91. The fourth-order valence-electron chi connectivity index (χ4n) is 2.16. The van der Waals surface area contributed by atoms with Gasteiger partial charge in [0.05, 0.1) is 6.42 Å². The molecule has 0 radical (unpaired) electrons. The summed E-state index contributed by atoms with van der Waals surface area (Å²) in [6.07, 6.45) is 0.485. The third-order valence-corrected chi connectivity index (χ3v) is 6.30. The fourth-order valence-corrected chi connectivity index (χ4v) is 4.74. The summed E-state index contributed by atoms with van der Waals surface area (Å²) in [5, 5.41) is 0.572. The lowest BCUT2D eigenvalue weighted by Gasteiger charge is -2.34. The highest BCUT2D eigenvalue weighted by atomic mass is 32.2. The normalized spacial score (nSPS) is 20.0. The third-order valence-electron chi connectivity index (χ3n) is 3.43. The van der Waals surface area contributed by atoms with Crippen LogP contribution in [0.1, 0.15) is 24.4 Å². The molecule has 2 heterocycles. The van der Waals surface area contributed by atoms with E-state index in [0.29, 0.717) is 17.6 Å². The molecule has 2 rings (SSSR count). The minimum atomic E-state index is 0.235. The summed E-state index contributed by atoms with van der Waals surface area (Å²) < 4.78 is 0.759. The zero-order valence-electron chi connectivity index (χ0n) is 11.6. The molecule has 0 bridgehead atoms. The third kappa shape index (κ3) is 3.83. The highest BCUT2D eigenvalue weighted by molar-refractivity contribution is 8.00. The van der Waals surface area contributed by atoms with E-state index in [1.165, 1.54) is 11.3 Å². The van der Waals surface area contributed by atoms with Gasteiger partial charge in [0.25, 0.3) is 0 Å². The molecular formula is C13H20N2OS3. The summed E-state index contributed by atoms with van der Waals surface area (Å²) in [7, 11) is 0. The van der Waals surface area contributed by atoms with Crippen molar-refractivity contribution in [2.45, 2.75) is 32.4 Å². The number of aryl methyl sites for hydroxylation is 1. The number of carbonyl (C=O) groups excluding carboxylic acids is 1. The van der Waals surface area contributed by atoms with Crippen molar-refractivity contribution in [1.82, 2.24) is 9.88 Å². The first kappa shape index (κ1) is 15.1. The van der Waals surface area contributed by atoms with Crippen molar-refractivity contribution in [3.63, 3.8) is 0 Å². The number of nitrogens with one attached hydrogen (secondary N) is 1. The number of hydrogen-bond donors (Lipinski definition) is 1. The Morgan fingerprint density at radius 2 is 2.32 bits per heavy atom. The van der Waals surface area contributed by atoms with Gasteiger partial charge in [0.1, 0.15) is 0 Å². The van der Waals surface area contributed by atoms with Gasteiger partial charge in [-0.3, -0.25) is 4.79 Å². The number of H-pyrrole nitrogens is 1. The zero-order chi connectivity index (χ0) is 14.0. The number of carbonyl (C=O) groups is 1. The molecule has 1 saturated heterocycles. The number of rotatable bonds is 3. The predicted molar refractivity (Wildman–Crippen MR) is 85.6 cm³/mol. The van der Waals surface area contributed by atoms with Crippen molar-refractivity contribution in [1.29, 1.82) is 0 Å². The van der Waals surface area contributed by atoms with E-state index in [9.17, 15) is 4.79 Å². The minimum absolute atomic E-state index is 0.235. The van der Waals surface area contributed by atoms with Crippen LogP contribution in [0.4, 0.5) is 0 Å². The van der Waals surface area contributed by atoms with Gasteiger partial charge in [0.15, 0.2) is 3.95 Å². The molecule has 1 aromatic heterocycles. The highest BCUT2D eigenvalue weighted by Crippen LogP contribution is 2.25. The Labute approximate surface area is 127 Å². The lowest BCUT2D eigenvalue weighted by atomic mass is 10.1. The topological polar surface area (TPSA) is 36.1 Å². The van der Waals surface area contributed by atoms with Crippen LogP contribution in [0, 0.1) is 16.8 Å². The maximum Gasteiger partial charge on any atom is 0.227 e. The quantitative estimate of drug-likeness (QED) is 0.870. The lowest BCUT2D eigenvalue weighted by molar-refractivity contribution is -0.130. The van der Waals surface area contributed by atoms with Crippen molar-refractivity contribution in [2.75, 3.05) is 18.8 Å². The molecule has 1 aliphatic rings. The zero-order valence-corrected chi connectivity index (χ0v) is 14.0. The molecule has 1 fully saturated rings. The molecular weight excluding hydrogens is 296 g/mol. The van der Waals surface area contributed by atoms with Gasteiger partial charge < -0.3 is 9.88 Å². The van der Waals surface area contributed by atoms with Gasteiger partial charge in [-0.2, -0.15) is 11.8 Å². The van der Waals surface area contributed by atoms with Gasteiger partial charge >= 0.3 is 0 Å². The summed E-state index contributed by atoms with van der Waals surface area (Å²) in [6.45, 7) is 8.20. The first-order chi connectivity index (χ1) is 8.97. The van der Waals surface area contributed by atoms with E-state index < -0.39 is 0 Å². The van der Waals surface area contributed by atoms with Gasteiger partial charge in [-0.1, -0.05) is 13.8 Å². The second-order valence-electron chi connectivity index (χ2n) is 5.23. The molecule has 1 aliphatic heterocycles. The Morgan fingerprint density at radius 1 is 1.58 bits per heavy atom. The van der Waals surface area contributed by atoms with Crippen molar-refractivity contribution in [2.24, 2.45) is 5.92 Å². The highest BCUT2D eigenvalue weighted by Gasteiger charge is 2.26. The molecule has 6 heteroatoms. The molecule has 0 spiro atoms. The summed E-state index contributed by atoms with van der Waals surface area (Å²) in [4.78, 5) is 18.6. The standard InChI is InChI=1S/C13H20N2OS3/c1-8(2)11-7-15(4-5-18-11)12(16)6-10-9(3)14-13(17)19-10/h8,11H,4-7H2,1-3H3,(H,14,17)/t11-/m0/s1. The Balaban J connectivity index is 2.00. The summed E-state index contributed by atoms with van der Waals surface area (Å²) >= 11 is 8.63. The van der Waals surface area contributed by atoms with Gasteiger partial charge in [-0.05, 0) is 25.1 Å². The van der Waals surface area contributed by atoms with Crippen molar-refractivity contribution < 1.29 is 4.79 Å². The average molecular weight is 317 g/mol. The van der Waals surface area contributed by atoms with Crippen LogP contribution < -0.4 is 0 Å². The van der Waals surface area contributed by atoms with Crippen LogP contribution in [0.3, 0.4) is 0 Å². The first-order valence-electron chi connectivity index (χ1n) is 6.55. The molecule has 3 nitrogen and oxygen atoms in total. The summed E-state index contributed by atoms with van der Waals surface area (Å²) in [5.41, 5.74) is 1.04. The van der Waals surface area contributed by atoms with Crippen molar-refractivity contribution >= 4 is 41.2 Å². The largest absolute Gasteiger partial charge is 0.341 e. The Kier molecular flexibility index (Phi) is 5.09. The second kappa shape index (κ2) is 6.41. The van der Waals surface area contributed by atoms with Crippen LogP contribution in [-0.4, -0.2) is 39.9 Å². The Morgan fingerprint density at radius 3 is 2.89 bits per heavy atom. The molecule has 1 atom stereocenters. The monoisotopic (exact) mass is 316 g/mol. The van der Waals surface area contributed by atoms with Gasteiger partial charge in [-0.15, -0.1) is 11.3 Å². The van der Waals surface area contributed by atoms with Crippen LogP contribution in [-0.2, 0) is 11.2 Å². The average Bonchev–Trinajstić information content (AvgIpc) is 2.68. The fraction of sp³-hybridized carbons (Fsp3) is 0.692. The maximum atomic E-state index is 12.4. The number of hydrogen-bond acceptors (Lipinski definition) is 4. The number of amides is 1. The van der Waals surface area contributed by atoms with Gasteiger partial charge in [0, 0.05) is 34.7 Å². The molecule has 1 aromatic rings. The van der Waals surface area contributed by atoms with Crippen LogP contribution in [0.25, 0.3) is 0 Å². The smallest absolute Gasteiger partial charge is 0.227 e. The van der Waals surface area contributed by atoms with E-state index in [1.54, 1.807) is 0 Å². The van der Waals surface area contributed by atoms with Crippen LogP contribution in [0.2, 0.25) is 0 Å². The first-order valence-corrected chi connectivity index (χ1v) is 8.82. The number of aromatic nitrogens is 1. The SMILES string of the molecule is Cc1[nH]c(=S)sc1CC(=O)N1CCS[C@H](C(C)C)C1. The van der Waals surface area contributed by atoms with E-state index in [2.05, 4.69) is 18.8 Å². The minimum Gasteiger partial charge on any atom is -0.341 e. The van der Waals surface area contributed by atoms with Gasteiger partial charge in [-0.25, -0.2) is 0 Å². The number of thioether (sulfide) groups is 1. The number of nitrogens with zero attached hydrogens (tertiary/aromatic N) is 1. The second-order valence-corrected chi connectivity index (χ2v) is 8.35. The predicted octanol–water partition coefficient (Wildman–Crippen LogP) is 3.26. The molecule has 1 amide bonds. The summed E-state index contributed by atoms with van der Waals surface area (Å²) in [6, 6.07) is 0.